The topological polar surface area (TPSA) is 44.8 Å². The minimum absolute atomic E-state index is 0.0930. The molecule has 0 radical (unpaired) electrons. The molecule has 0 bridgehead atoms. The fourth-order valence-corrected chi connectivity index (χ4v) is 2.97. The second-order valence-electron chi connectivity index (χ2n) is 6.95. The number of carbonyl (C=O) groups excluding carboxylic acids is 1. The quantitative estimate of drug-likeness (QED) is 0.797. The van der Waals surface area contributed by atoms with Crippen molar-refractivity contribution in [1.82, 2.24) is 15.1 Å². The van der Waals surface area contributed by atoms with Crippen LogP contribution >= 0.6 is 0 Å². The molecule has 0 unspecified atom stereocenters. The summed E-state index contributed by atoms with van der Waals surface area (Å²) >= 11 is 0. The van der Waals surface area contributed by atoms with Crippen LogP contribution in [-0.2, 0) is 11.3 Å². The molecule has 1 aromatic rings. The number of halogens is 3. The number of benzene rings is 1. The highest BCUT2D eigenvalue weighted by atomic mass is 19.4. The van der Waals surface area contributed by atoms with Crippen molar-refractivity contribution >= 4 is 5.91 Å². The number of nitrogens with zero attached hydrogens (tertiary/aromatic N) is 2. The third-order valence-electron chi connectivity index (χ3n) is 4.48. The van der Waals surface area contributed by atoms with Gasteiger partial charge in [0.1, 0.15) is 5.75 Å². The number of rotatable bonds is 7. The van der Waals surface area contributed by atoms with E-state index in [9.17, 15) is 18.0 Å². The van der Waals surface area contributed by atoms with Gasteiger partial charge in [0.15, 0.2) is 6.61 Å². The molecule has 8 heteroatoms. The molecule has 144 valence electrons. The molecule has 1 heterocycles. The summed E-state index contributed by atoms with van der Waals surface area (Å²) in [6.45, 7) is 3.08. The lowest BCUT2D eigenvalue weighted by molar-refractivity contribution is -0.153. The number of amides is 1. The van der Waals surface area contributed by atoms with Crippen molar-refractivity contribution in [2.45, 2.75) is 31.6 Å². The maximum Gasteiger partial charge on any atom is 0.422 e. The average Bonchev–Trinajstić information content (AvgIpc) is 3.38. The SMILES string of the molecule is O=C(CN1CCN(Cc2cccc(OCC(F)(F)F)c2)CC1)NC1CC1. The molecule has 2 aliphatic rings. The van der Waals surface area contributed by atoms with Gasteiger partial charge in [-0.25, -0.2) is 0 Å². The Kier molecular flexibility index (Phi) is 6.03. The highest BCUT2D eigenvalue weighted by molar-refractivity contribution is 5.78. The van der Waals surface area contributed by atoms with E-state index in [0.29, 0.717) is 19.1 Å². The molecule has 1 saturated heterocycles. The summed E-state index contributed by atoms with van der Waals surface area (Å²) in [4.78, 5) is 16.2. The van der Waals surface area contributed by atoms with Gasteiger partial charge in [0.25, 0.3) is 0 Å². The third kappa shape index (κ3) is 6.49. The zero-order chi connectivity index (χ0) is 18.6. The van der Waals surface area contributed by atoms with Gasteiger partial charge in [0, 0.05) is 38.8 Å². The van der Waals surface area contributed by atoms with Crippen LogP contribution in [0.5, 0.6) is 5.75 Å². The van der Waals surface area contributed by atoms with Gasteiger partial charge in [0.05, 0.1) is 6.54 Å². The third-order valence-corrected chi connectivity index (χ3v) is 4.48. The number of hydrogen-bond acceptors (Lipinski definition) is 4. The standard InChI is InChI=1S/C18H24F3N3O2/c19-18(20,21)13-26-16-3-1-2-14(10-16)11-23-6-8-24(9-7-23)12-17(25)22-15-4-5-15/h1-3,10,15H,4-9,11-13H2,(H,22,25). The fourth-order valence-electron chi connectivity index (χ4n) is 2.97. The summed E-state index contributed by atoms with van der Waals surface area (Å²) < 4.78 is 41.5. The van der Waals surface area contributed by atoms with Crippen LogP contribution in [0.4, 0.5) is 13.2 Å². The zero-order valence-electron chi connectivity index (χ0n) is 14.6. The Balaban J connectivity index is 1.41. The van der Waals surface area contributed by atoms with Crippen molar-refractivity contribution in [3.05, 3.63) is 29.8 Å². The number of alkyl halides is 3. The van der Waals surface area contributed by atoms with E-state index in [2.05, 4.69) is 15.1 Å². The van der Waals surface area contributed by atoms with Crippen molar-refractivity contribution in [2.24, 2.45) is 0 Å². The molecule has 1 amide bonds. The Morgan fingerprint density at radius 1 is 1.15 bits per heavy atom. The van der Waals surface area contributed by atoms with Crippen LogP contribution in [0, 0.1) is 0 Å². The van der Waals surface area contributed by atoms with Gasteiger partial charge in [-0.15, -0.1) is 0 Å². The monoisotopic (exact) mass is 371 g/mol. The molecule has 3 rings (SSSR count). The van der Waals surface area contributed by atoms with Crippen LogP contribution in [-0.4, -0.2) is 67.3 Å². The van der Waals surface area contributed by atoms with E-state index in [1.807, 2.05) is 6.07 Å². The first-order valence-electron chi connectivity index (χ1n) is 8.90. The normalized spacial score (nSPS) is 19.3. The number of nitrogens with one attached hydrogen (secondary N) is 1. The van der Waals surface area contributed by atoms with E-state index < -0.39 is 12.8 Å². The van der Waals surface area contributed by atoms with Gasteiger partial charge in [-0.05, 0) is 30.5 Å². The van der Waals surface area contributed by atoms with Gasteiger partial charge in [-0.3, -0.25) is 14.6 Å². The maximum atomic E-state index is 12.2. The summed E-state index contributed by atoms with van der Waals surface area (Å²) in [7, 11) is 0. The first kappa shape index (κ1) is 19.0. The Morgan fingerprint density at radius 2 is 1.85 bits per heavy atom. The molecular formula is C18H24F3N3O2. The minimum atomic E-state index is -4.34. The molecule has 0 aromatic heterocycles. The number of hydrogen-bond donors (Lipinski definition) is 1. The maximum absolute atomic E-state index is 12.2. The van der Waals surface area contributed by atoms with Crippen molar-refractivity contribution in [3.8, 4) is 5.75 Å². The lowest BCUT2D eigenvalue weighted by Gasteiger charge is -2.34. The second-order valence-corrected chi connectivity index (χ2v) is 6.95. The van der Waals surface area contributed by atoms with Crippen LogP contribution in [0.1, 0.15) is 18.4 Å². The van der Waals surface area contributed by atoms with E-state index >= 15 is 0 Å². The Morgan fingerprint density at radius 3 is 2.50 bits per heavy atom. The lowest BCUT2D eigenvalue weighted by Crippen LogP contribution is -2.49. The van der Waals surface area contributed by atoms with Crippen molar-refractivity contribution in [2.75, 3.05) is 39.3 Å². The van der Waals surface area contributed by atoms with Crippen LogP contribution in [0.2, 0.25) is 0 Å². The second kappa shape index (κ2) is 8.26. The first-order valence-corrected chi connectivity index (χ1v) is 8.90. The Bertz CT molecular complexity index is 612. The van der Waals surface area contributed by atoms with Crippen molar-refractivity contribution in [1.29, 1.82) is 0 Å². The average molecular weight is 371 g/mol. The molecule has 5 nitrogen and oxygen atoms in total. The van der Waals surface area contributed by atoms with Crippen LogP contribution in [0.15, 0.2) is 24.3 Å². The van der Waals surface area contributed by atoms with E-state index in [0.717, 1.165) is 44.6 Å². The summed E-state index contributed by atoms with van der Waals surface area (Å²) in [6.07, 6.45) is -2.16. The van der Waals surface area contributed by atoms with E-state index in [4.69, 9.17) is 4.74 Å². The number of carbonyl (C=O) groups is 1. The molecule has 0 atom stereocenters. The van der Waals surface area contributed by atoms with Crippen molar-refractivity contribution in [3.63, 3.8) is 0 Å². The van der Waals surface area contributed by atoms with Crippen molar-refractivity contribution < 1.29 is 22.7 Å². The van der Waals surface area contributed by atoms with Gasteiger partial charge < -0.3 is 10.1 Å². The van der Waals surface area contributed by atoms with E-state index in [1.165, 1.54) is 6.07 Å². The summed E-state index contributed by atoms with van der Waals surface area (Å²) in [5, 5.41) is 2.99. The van der Waals surface area contributed by atoms with Gasteiger partial charge in [0.2, 0.25) is 5.91 Å². The van der Waals surface area contributed by atoms with Gasteiger partial charge >= 0.3 is 6.18 Å². The van der Waals surface area contributed by atoms with Crippen LogP contribution in [0.3, 0.4) is 0 Å². The fraction of sp³-hybridized carbons (Fsp3) is 0.611. The highest BCUT2D eigenvalue weighted by Crippen LogP contribution is 2.21. The smallest absolute Gasteiger partial charge is 0.422 e. The number of ether oxygens (including phenoxy) is 1. The molecule has 1 N–H and O–H groups in total. The molecule has 1 aliphatic heterocycles. The summed E-state index contributed by atoms with van der Waals surface area (Å²) in [6, 6.07) is 7.16. The number of piperazine rings is 1. The first-order chi connectivity index (χ1) is 12.4. The predicted octanol–water partition coefficient (Wildman–Crippen LogP) is 2.02. The Hall–Kier alpha value is -1.80. The van der Waals surface area contributed by atoms with Crippen LogP contribution < -0.4 is 10.1 Å². The largest absolute Gasteiger partial charge is 0.484 e. The highest BCUT2D eigenvalue weighted by Gasteiger charge is 2.28. The molecular weight excluding hydrogens is 347 g/mol. The summed E-state index contributed by atoms with van der Waals surface area (Å²) in [5.74, 6) is 0.325. The van der Waals surface area contributed by atoms with Gasteiger partial charge in [-0.2, -0.15) is 13.2 Å². The molecule has 1 aromatic carbocycles. The zero-order valence-corrected chi connectivity index (χ0v) is 14.6. The molecule has 1 aliphatic carbocycles. The molecule has 2 fully saturated rings. The molecule has 1 saturated carbocycles. The van der Waals surface area contributed by atoms with Crippen LogP contribution in [0.25, 0.3) is 0 Å². The minimum Gasteiger partial charge on any atom is -0.484 e. The summed E-state index contributed by atoms with van der Waals surface area (Å²) in [5.41, 5.74) is 0.921. The Labute approximate surface area is 151 Å². The predicted molar refractivity (Wildman–Crippen MR) is 90.9 cm³/mol. The molecule has 26 heavy (non-hydrogen) atoms. The van der Waals surface area contributed by atoms with E-state index in [-0.39, 0.29) is 11.7 Å². The van der Waals surface area contributed by atoms with Gasteiger partial charge in [-0.1, -0.05) is 12.1 Å². The lowest BCUT2D eigenvalue weighted by atomic mass is 10.2. The molecule has 0 spiro atoms. The van der Waals surface area contributed by atoms with E-state index in [1.54, 1.807) is 12.1 Å².